The molecule has 100 valence electrons. The number of alkyl halides is 2. The Morgan fingerprint density at radius 3 is 2.11 bits per heavy atom. The lowest BCUT2D eigenvalue weighted by Crippen LogP contribution is -2.32. The zero-order chi connectivity index (χ0) is 13.4. The molecule has 0 amide bonds. The number of hydrogen-bond acceptors (Lipinski definition) is 2. The van der Waals surface area contributed by atoms with Gasteiger partial charge >= 0.3 is 0 Å². The molecule has 2 rings (SSSR count). The molecule has 2 nitrogen and oxygen atoms in total. The maximum atomic E-state index is 13.0. The first kappa shape index (κ1) is 13.9. The number of sulfone groups is 1. The monoisotopic (exact) mass is 338 g/mol. The molecule has 0 bridgehead atoms. The van der Waals surface area contributed by atoms with E-state index in [2.05, 4.69) is 15.9 Å². The lowest BCUT2D eigenvalue weighted by Gasteiger charge is -2.27. The van der Waals surface area contributed by atoms with Gasteiger partial charge in [0.25, 0.3) is 0 Å². The summed E-state index contributed by atoms with van der Waals surface area (Å²) in [6.45, 7) is 0. The van der Waals surface area contributed by atoms with E-state index in [9.17, 15) is 17.2 Å². The van der Waals surface area contributed by atoms with Crippen LogP contribution < -0.4 is 0 Å². The third-order valence-electron chi connectivity index (χ3n) is 3.25. The zero-order valence-electron chi connectivity index (χ0n) is 9.57. The molecule has 0 radical (unpaired) electrons. The number of rotatable bonds is 2. The molecule has 1 aromatic carbocycles. The van der Waals surface area contributed by atoms with Crippen molar-refractivity contribution in [1.82, 2.24) is 0 Å². The van der Waals surface area contributed by atoms with Gasteiger partial charge in [0.1, 0.15) is 0 Å². The van der Waals surface area contributed by atoms with Crippen molar-refractivity contribution in [1.29, 1.82) is 0 Å². The van der Waals surface area contributed by atoms with Crippen molar-refractivity contribution in [3.63, 3.8) is 0 Å². The molecule has 6 heteroatoms. The van der Waals surface area contributed by atoms with Crippen molar-refractivity contribution < 1.29 is 17.2 Å². The highest BCUT2D eigenvalue weighted by molar-refractivity contribution is 9.10. The predicted molar refractivity (Wildman–Crippen MR) is 68.5 cm³/mol. The molecule has 0 atom stereocenters. The fraction of sp³-hybridized carbons (Fsp3) is 0.500. The van der Waals surface area contributed by atoms with E-state index < -0.39 is 21.0 Å². The molecule has 1 aliphatic carbocycles. The maximum absolute atomic E-state index is 13.0. The number of benzene rings is 1. The summed E-state index contributed by atoms with van der Waals surface area (Å²) in [5.41, 5.74) is 0. The van der Waals surface area contributed by atoms with Crippen molar-refractivity contribution >= 4 is 25.8 Å². The fourth-order valence-electron chi connectivity index (χ4n) is 2.14. The van der Waals surface area contributed by atoms with Crippen LogP contribution in [0, 0.1) is 0 Å². The summed E-state index contributed by atoms with van der Waals surface area (Å²) in [5.74, 6) is -2.70. The Balaban J connectivity index is 2.20. The molecule has 1 fully saturated rings. The summed E-state index contributed by atoms with van der Waals surface area (Å²) in [5, 5.41) is -0.682. The van der Waals surface area contributed by atoms with Crippen molar-refractivity contribution in [2.45, 2.75) is 41.8 Å². The molecule has 0 spiro atoms. The predicted octanol–water partition coefficient (Wildman–Crippen LogP) is 3.80. The normalized spacial score (nSPS) is 20.8. The first-order chi connectivity index (χ1) is 8.31. The van der Waals surface area contributed by atoms with Gasteiger partial charge in [0.15, 0.2) is 9.84 Å². The fourth-order valence-corrected chi connectivity index (χ4v) is 4.16. The van der Waals surface area contributed by atoms with E-state index in [4.69, 9.17) is 0 Å². The van der Waals surface area contributed by atoms with E-state index in [1.54, 1.807) is 12.1 Å². The van der Waals surface area contributed by atoms with Gasteiger partial charge in [-0.3, -0.25) is 0 Å². The molecule has 18 heavy (non-hydrogen) atoms. The van der Waals surface area contributed by atoms with Crippen LogP contribution in [-0.4, -0.2) is 19.6 Å². The lowest BCUT2D eigenvalue weighted by molar-refractivity contribution is -0.0328. The van der Waals surface area contributed by atoms with Gasteiger partial charge in [0.05, 0.1) is 10.1 Å². The van der Waals surface area contributed by atoms with E-state index in [0.29, 0.717) is 0 Å². The molecule has 1 saturated carbocycles. The molecular formula is C12H13BrF2O2S. The van der Waals surface area contributed by atoms with Crippen molar-refractivity contribution in [2.75, 3.05) is 0 Å². The zero-order valence-corrected chi connectivity index (χ0v) is 12.0. The Morgan fingerprint density at radius 2 is 1.61 bits per heavy atom. The van der Waals surface area contributed by atoms with Crippen LogP contribution in [0.2, 0.25) is 0 Å². The van der Waals surface area contributed by atoms with Crippen molar-refractivity contribution in [2.24, 2.45) is 0 Å². The van der Waals surface area contributed by atoms with Gasteiger partial charge in [-0.2, -0.15) is 0 Å². The summed E-state index contributed by atoms with van der Waals surface area (Å²) in [7, 11) is -3.48. The Kier molecular flexibility index (Phi) is 3.78. The first-order valence-corrected chi connectivity index (χ1v) is 8.02. The van der Waals surface area contributed by atoms with Gasteiger partial charge in [-0.25, -0.2) is 17.2 Å². The molecule has 0 saturated heterocycles. The standard InChI is InChI=1S/C12H13BrF2O2S/c13-9-1-3-10(4-2-9)18(16,17)11-5-7-12(14,15)8-6-11/h1-4,11H,5-8H2. The Hall–Kier alpha value is -0.490. The molecule has 0 N–H and O–H groups in total. The third-order valence-corrected chi connectivity index (χ3v) is 6.05. The van der Waals surface area contributed by atoms with E-state index in [0.717, 1.165) is 4.47 Å². The van der Waals surface area contributed by atoms with Gasteiger partial charge in [0.2, 0.25) is 5.92 Å². The lowest BCUT2D eigenvalue weighted by atomic mass is 9.96. The minimum Gasteiger partial charge on any atom is -0.223 e. The Bertz CT molecular complexity index is 516. The van der Waals surface area contributed by atoms with Crippen LogP contribution in [0.4, 0.5) is 8.78 Å². The Morgan fingerprint density at radius 1 is 1.11 bits per heavy atom. The quantitative estimate of drug-likeness (QED) is 0.821. The minimum atomic E-state index is -3.48. The molecule has 1 aromatic rings. The van der Waals surface area contributed by atoms with Gasteiger partial charge in [0, 0.05) is 17.3 Å². The highest BCUT2D eigenvalue weighted by Crippen LogP contribution is 2.37. The average molecular weight is 339 g/mol. The van der Waals surface area contributed by atoms with Crippen LogP contribution in [0.25, 0.3) is 0 Å². The Labute approximate surface area is 113 Å². The van der Waals surface area contributed by atoms with E-state index in [1.807, 2.05) is 0 Å². The van der Waals surface area contributed by atoms with Crippen LogP contribution in [0.5, 0.6) is 0 Å². The minimum absolute atomic E-state index is 0.0331. The maximum Gasteiger partial charge on any atom is 0.248 e. The van der Waals surface area contributed by atoms with Crippen LogP contribution in [0.1, 0.15) is 25.7 Å². The highest BCUT2D eigenvalue weighted by atomic mass is 79.9. The summed E-state index contributed by atoms with van der Waals surface area (Å²) < 4.78 is 51.3. The van der Waals surface area contributed by atoms with Gasteiger partial charge < -0.3 is 0 Å². The van der Waals surface area contributed by atoms with Crippen LogP contribution in [0.15, 0.2) is 33.6 Å². The van der Waals surface area contributed by atoms with Crippen LogP contribution in [-0.2, 0) is 9.84 Å². The van der Waals surface area contributed by atoms with Crippen LogP contribution >= 0.6 is 15.9 Å². The van der Waals surface area contributed by atoms with E-state index >= 15 is 0 Å². The van der Waals surface area contributed by atoms with Crippen molar-refractivity contribution in [3.05, 3.63) is 28.7 Å². The SMILES string of the molecule is O=S(=O)(c1ccc(Br)cc1)C1CCC(F)(F)CC1. The van der Waals surface area contributed by atoms with Gasteiger partial charge in [-0.15, -0.1) is 0 Å². The van der Waals surface area contributed by atoms with E-state index in [1.165, 1.54) is 12.1 Å². The highest BCUT2D eigenvalue weighted by Gasteiger charge is 2.40. The summed E-state index contributed by atoms with van der Waals surface area (Å²) in [4.78, 5) is 0.209. The molecular weight excluding hydrogens is 326 g/mol. The second-order valence-corrected chi connectivity index (χ2v) is 7.70. The van der Waals surface area contributed by atoms with E-state index in [-0.39, 0.29) is 30.6 Å². The molecule has 0 unspecified atom stereocenters. The van der Waals surface area contributed by atoms with Gasteiger partial charge in [-0.1, -0.05) is 15.9 Å². The average Bonchev–Trinajstić information content (AvgIpc) is 2.29. The molecule has 0 heterocycles. The second-order valence-electron chi connectivity index (χ2n) is 4.55. The smallest absolute Gasteiger partial charge is 0.223 e. The summed E-state index contributed by atoms with van der Waals surface area (Å²) >= 11 is 3.23. The second kappa shape index (κ2) is 4.89. The number of halogens is 3. The van der Waals surface area contributed by atoms with Crippen molar-refractivity contribution in [3.8, 4) is 0 Å². The molecule has 1 aliphatic rings. The number of hydrogen-bond donors (Lipinski definition) is 0. The van der Waals surface area contributed by atoms with Crippen LogP contribution in [0.3, 0.4) is 0 Å². The first-order valence-electron chi connectivity index (χ1n) is 5.69. The third kappa shape index (κ3) is 2.91. The summed E-state index contributed by atoms with van der Waals surface area (Å²) in [6, 6.07) is 6.30. The topological polar surface area (TPSA) is 34.1 Å². The van der Waals surface area contributed by atoms with Gasteiger partial charge in [-0.05, 0) is 37.1 Å². The summed E-state index contributed by atoms with van der Waals surface area (Å²) in [6.07, 6.45) is -0.613. The molecule has 0 aliphatic heterocycles. The largest absolute Gasteiger partial charge is 0.248 e. The molecule has 0 aromatic heterocycles.